The minimum atomic E-state index is 0.949. The molecule has 0 saturated carbocycles. The lowest BCUT2D eigenvalue weighted by molar-refractivity contribution is 1.08. The van der Waals surface area contributed by atoms with Gasteiger partial charge in [-0.15, -0.1) is 0 Å². The number of nitrogens with zero attached hydrogens (tertiary/aromatic N) is 2. The summed E-state index contributed by atoms with van der Waals surface area (Å²) in [6.07, 6.45) is 13.3. The summed E-state index contributed by atoms with van der Waals surface area (Å²) < 4.78 is 0. The molecule has 1 aromatic carbocycles. The van der Waals surface area contributed by atoms with E-state index in [-0.39, 0.29) is 0 Å². The number of rotatable bonds is 0. The minimum Gasteiger partial charge on any atom is -0.368 e. The number of hydrogen-bond donors (Lipinski definition) is 1. The van der Waals surface area contributed by atoms with Gasteiger partial charge in [-0.25, -0.2) is 0 Å². The molecule has 0 bridgehead atoms. The van der Waals surface area contributed by atoms with Crippen molar-refractivity contribution in [3.63, 3.8) is 0 Å². The molecule has 2 heterocycles. The van der Waals surface area contributed by atoms with Crippen molar-refractivity contribution in [3.8, 4) is 0 Å². The van der Waals surface area contributed by atoms with Crippen molar-refractivity contribution in [1.82, 2.24) is 15.5 Å². The fraction of sp³-hybridized carbons (Fsp3) is 0. The van der Waals surface area contributed by atoms with Gasteiger partial charge in [0.05, 0.1) is 11.7 Å². The summed E-state index contributed by atoms with van der Waals surface area (Å²) in [4.78, 5) is 0. The second-order valence-corrected chi connectivity index (χ2v) is 3.36. The monoisotopic (exact) mass is 223 g/mol. The van der Waals surface area contributed by atoms with Gasteiger partial charge in [0.2, 0.25) is 0 Å². The minimum absolute atomic E-state index is 0.949. The number of aromatic nitrogens is 2. The highest BCUT2D eigenvalue weighted by atomic mass is 15.1. The first-order chi connectivity index (χ1) is 8.47. The van der Waals surface area contributed by atoms with E-state index in [0.29, 0.717) is 0 Å². The van der Waals surface area contributed by atoms with Gasteiger partial charge >= 0.3 is 0 Å². The first-order valence-corrected chi connectivity index (χ1v) is 5.38. The van der Waals surface area contributed by atoms with Gasteiger partial charge in [0, 0.05) is 17.8 Å². The average Bonchev–Trinajstić information content (AvgIpc) is 2.72. The zero-order chi connectivity index (χ0) is 11.8. The standard InChI is InChI=1S/C8H6N2.C6H7N/c1-2-4-8-7(3-1)5-6-9-10-8;1-2-4-6-7-5-3-1/h1-6H;1-7H. The van der Waals surface area contributed by atoms with E-state index in [1.807, 2.05) is 67.0 Å². The molecule has 0 atom stereocenters. The number of fused-ring (bicyclic) bond motifs is 1. The third-order valence-corrected chi connectivity index (χ3v) is 2.14. The molecule has 17 heavy (non-hydrogen) atoms. The van der Waals surface area contributed by atoms with Gasteiger partial charge in [-0.2, -0.15) is 10.2 Å². The number of benzene rings is 1. The molecule has 0 spiro atoms. The molecular formula is C14H13N3. The zero-order valence-corrected chi connectivity index (χ0v) is 9.32. The van der Waals surface area contributed by atoms with Crippen molar-refractivity contribution >= 4 is 10.9 Å². The Hall–Kier alpha value is -2.42. The molecule has 0 saturated heterocycles. The highest BCUT2D eigenvalue weighted by molar-refractivity contribution is 5.77. The third kappa shape index (κ3) is 3.57. The number of hydrogen-bond acceptors (Lipinski definition) is 3. The second kappa shape index (κ2) is 6.23. The first kappa shape index (κ1) is 11.1. The molecule has 2 aromatic rings. The molecule has 0 radical (unpaired) electrons. The molecule has 1 aliphatic rings. The zero-order valence-electron chi connectivity index (χ0n) is 9.32. The predicted octanol–water partition coefficient (Wildman–Crippen LogP) is 2.80. The van der Waals surface area contributed by atoms with Crippen LogP contribution in [0.1, 0.15) is 0 Å². The van der Waals surface area contributed by atoms with E-state index in [4.69, 9.17) is 0 Å². The van der Waals surface area contributed by atoms with Gasteiger partial charge in [0.1, 0.15) is 0 Å². The van der Waals surface area contributed by atoms with E-state index < -0.39 is 0 Å². The Morgan fingerprint density at radius 2 is 1.59 bits per heavy atom. The molecular weight excluding hydrogens is 210 g/mol. The second-order valence-electron chi connectivity index (χ2n) is 3.36. The summed E-state index contributed by atoms with van der Waals surface area (Å²) in [5.41, 5.74) is 0.949. The van der Waals surface area contributed by atoms with Gasteiger partial charge in [-0.3, -0.25) is 0 Å². The van der Waals surface area contributed by atoms with E-state index in [1.54, 1.807) is 6.20 Å². The topological polar surface area (TPSA) is 37.8 Å². The molecule has 1 aromatic heterocycles. The van der Waals surface area contributed by atoms with Gasteiger partial charge in [-0.1, -0.05) is 30.4 Å². The van der Waals surface area contributed by atoms with Crippen LogP contribution in [0.2, 0.25) is 0 Å². The van der Waals surface area contributed by atoms with Gasteiger partial charge in [0.15, 0.2) is 0 Å². The van der Waals surface area contributed by atoms with Crippen molar-refractivity contribution in [2.45, 2.75) is 0 Å². The fourth-order valence-electron chi connectivity index (χ4n) is 1.33. The Balaban J connectivity index is 0.000000136. The van der Waals surface area contributed by atoms with Gasteiger partial charge in [-0.05, 0) is 24.3 Å². The average molecular weight is 223 g/mol. The molecule has 84 valence electrons. The summed E-state index contributed by atoms with van der Waals surface area (Å²) in [5.74, 6) is 0. The summed E-state index contributed by atoms with van der Waals surface area (Å²) in [5, 5.41) is 11.8. The summed E-state index contributed by atoms with van der Waals surface area (Å²) in [7, 11) is 0. The normalized spacial score (nSPS) is 12.5. The van der Waals surface area contributed by atoms with Crippen LogP contribution in [0.5, 0.6) is 0 Å². The molecule has 0 fully saturated rings. The van der Waals surface area contributed by atoms with Crippen molar-refractivity contribution < 1.29 is 0 Å². The maximum absolute atomic E-state index is 3.93. The van der Waals surface area contributed by atoms with Crippen molar-refractivity contribution in [3.05, 3.63) is 73.2 Å². The lowest BCUT2D eigenvalue weighted by atomic mass is 10.2. The van der Waals surface area contributed by atoms with E-state index in [0.717, 1.165) is 10.9 Å². The van der Waals surface area contributed by atoms with Crippen molar-refractivity contribution in [2.75, 3.05) is 0 Å². The SMILES string of the molecule is C1=CC=CNC=C1.c1ccc2nnccc2c1. The lowest BCUT2D eigenvalue weighted by Gasteiger charge is -1.90. The van der Waals surface area contributed by atoms with Crippen LogP contribution in [0.25, 0.3) is 10.9 Å². The van der Waals surface area contributed by atoms with Crippen molar-refractivity contribution in [1.29, 1.82) is 0 Å². The Morgan fingerprint density at radius 1 is 0.824 bits per heavy atom. The summed E-state index contributed by atoms with van der Waals surface area (Å²) in [6.45, 7) is 0. The highest BCUT2D eigenvalue weighted by Gasteiger charge is 1.87. The van der Waals surface area contributed by atoms with Crippen LogP contribution in [0.4, 0.5) is 0 Å². The molecule has 0 aliphatic carbocycles. The molecule has 3 rings (SSSR count). The summed E-state index contributed by atoms with van der Waals surface area (Å²) >= 11 is 0. The van der Waals surface area contributed by atoms with Crippen LogP contribution in [-0.2, 0) is 0 Å². The predicted molar refractivity (Wildman–Crippen MR) is 70.1 cm³/mol. The molecule has 1 N–H and O–H groups in total. The Labute approximate surface area is 100 Å². The summed E-state index contributed by atoms with van der Waals surface area (Å²) in [6, 6.07) is 9.86. The van der Waals surface area contributed by atoms with E-state index in [9.17, 15) is 0 Å². The van der Waals surface area contributed by atoms with E-state index in [1.165, 1.54) is 0 Å². The van der Waals surface area contributed by atoms with E-state index in [2.05, 4.69) is 15.5 Å². The van der Waals surface area contributed by atoms with E-state index >= 15 is 0 Å². The maximum Gasteiger partial charge on any atom is 0.0929 e. The Kier molecular flexibility index (Phi) is 4.06. The Morgan fingerprint density at radius 3 is 2.35 bits per heavy atom. The van der Waals surface area contributed by atoms with Crippen molar-refractivity contribution in [2.24, 2.45) is 0 Å². The maximum atomic E-state index is 3.93. The van der Waals surface area contributed by atoms with Crippen LogP contribution in [-0.4, -0.2) is 10.2 Å². The number of nitrogens with one attached hydrogen (secondary N) is 1. The van der Waals surface area contributed by atoms with Gasteiger partial charge in [0.25, 0.3) is 0 Å². The molecule has 0 amide bonds. The Bertz CT molecular complexity index is 477. The first-order valence-electron chi connectivity index (χ1n) is 5.38. The number of allylic oxidation sites excluding steroid dienone is 4. The molecule has 0 unspecified atom stereocenters. The molecule has 3 nitrogen and oxygen atoms in total. The lowest BCUT2D eigenvalue weighted by Crippen LogP contribution is -1.87. The van der Waals surface area contributed by atoms with Crippen LogP contribution in [0.3, 0.4) is 0 Å². The fourth-order valence-corrected chi connectivity index (χ4v) is 1.33. The van der Waals surface area contributed by atoms with Crippen LogP contribution < -0.4 is 5.32 Å². The highest BCUT2D eigenvalue weighted by Crippen LogP contribution is 2.06. The van der Waals surface area contributed by atoms with Crippen LogP contribution >= 0.6 is 0 Å². The van der Waals surface area contributed by atoms with Crippen LogP contribution in [0, 0.1) is 0 Å². The third-order valence-electron chi connectivity index (χ3n) is 2.14. The van der Waals surface area contributed by atoms with Gasteiger partial charge < -0.3 is 5.32 Å². The smallest absolute Gasteiger partial charge is 0.0929 e. The molecule has 1 aliphatic heterocycles. The quantitative estimate of drug-likeness (QED) is 0.746. The largest absolute Gasteiger partial charge is 0.368 e. The molecule has 3 heteroatoms. The van der Waals surface area contributed by atoms with Crippen LogP contribution in [0.15, 0.2) is 73.2 Å².